The van der Waals surface area contributed by atoms with Crippen molar-refractivity contribution in [2.45, 2.75) is 5.22 Å². The number of amides is 1. The van der Waals surface area contributed by atoms with Crippen LogP contribution in [0.2, 0.25) is 0 Å². The van der Waals surface area contributed by atoms with Gasteiger partial charge in [-0.05, 0) is 36.4 Å². The fourth-order valence-electron chi connectivity index (χ4n) is 3.01. The van der Waals surface area contributed by atoms with E-state index in [4.69, 9.17) is 4.42 Å². The molecular formula is C19H19N3O3S. The van der Waals surface area contributed by atoms with E-state index < -0.39 is 0 Å². The van der Waals surface area contributed by atoms with Crippen molar-refractivity contribution in [2.75, 3.05) is 36.8 Å². The second kappa shape index (κ2) is 7.29. The maximum atomic E-state index is 12.5. The summed E-state index contributed by atoms with van der Waals surface area (Å²) in [6.07, 6.45) is 0. The Labute approximate surface area is 155 Å². The molecule has 1 aromatic heterocycles. The molecule has 1 fully saturated rings. The first-order chi connectivity index (χ1) is 12.7. The quantitative estimate of drug-likeness (QED) is 0.713. The van der Waals surface area contributed by atoms with Crippen molar-refractivity contribution >= 4 is 34.5 Å². The van der Waals surface area contributed by atoms with Crippen LogP contribution in [0.5, 0.6) is 5.75 Å². The number of thioether (sulfide) groups is 1. The molecule has 1 aliphatic rings. The number of fused-ring (bicyclic) bond motifs is 1. The lowest BCUT2D eigenvalue weighted by Crippen LogP contribution is -2.49. The van der Waals surface area contributed by atoms with Gasteiger partial charge in [-0.2, -0.15) is 0 Å². The van der Waals surface area contributed by atoms with Crippen LogP contribution < -0.4 is 4.90 Å². The number of rotatable bonds is 4. The number of carbonyl (C=O) groups is 1. The van der Waals surface area contributed by atoms with Gasteiger partial charge in [0.05, 0.1) is 5.75 Å². The smallest absolute Gasteiger partial charge is 0.257 e. The van der Waals surface area contributed by atoms with Crippen molar-refractivity contribution in [3.05, 3.63) is 48.5 Å². The minimum Gasteiger partial charge on any atom is -0.508 e. The van der Waals surface area contributed by atoms with E-state index in [-0.39, 0.29) is 11.7 Å². The van der Waals surface area contributed by atoms with Gasteiger partial charge in [-0.15, -0.1) is 0 Å². The maximum absolute atomic E-state index is 12.5. The van der Waals surface area contributed by atoms with Crippen molar-refractivity contribution in [2.24, 2.45) is 0 Å². The molecule has 2 heterocycles. The average Bonchev–Trinajstić information content (AvgIpc) is 3.10. The Balaban J connectivity index is 1.30. The monoisotopic (exact) mass is 369 g/mol. The second-order valence-corrected chi connectivity index (χ2v) is 7.05. The van der Waals surface area contributed by atoms with Crippen molar-refractivity contribution in [1.29, 1.82) is 0 Å². The molecule has 1 N–H and O–H groups in total. The lowest BCUT2D eigenvalue weighted by Gasteiger charge is -2.36. The zero-order chi connectivity index (χ0) is 17.9. The number of para-hydroxylation sites is 2. The van der Waals surface area contributed by atoms with Gasteiger partial charge in [0.15, 0.2) is 5.58 Å². The Hall–Kier alpha value is -2.67. The largest absolute Gasteiger partial charge is 0.508 e. The molecule has 1 saturated heterocycles. The highest BCUT2D eigenvalue weighted by Crippen LogP contribution is 2.24. The summed E-state index contributed by atoms with van der Waals surface area (Å²) in [5.41, 5.74) is 2.62. The number of hydrogen-bond acceptors (Lipinski definition) is 6. The second-order valence-electron chi connectivity index (χ2n) is 6.12. The molecule has 7 heteroatoms. The zero-order valence-corrected chi connectivity index (χ0v) is 15.0. The van der Waals surface area contributed by atoms with Gasteiger partial charge in [0.1, 0.15) is 11.3 Å². The molecule has 26 heavy (non-hydrogen) atoms. The fourth-order valence-corrected chi connectivity index (χ4v) is 3.75. The Morgan fingerprint density at radius 3 is 2.54 bits per heavy atom. The molecule has 0 unspecified atom stereocenters. The van der Waals surface area contributed by atoms with Crippen LogP contribution in [0.4, 0.5) is 5.69 Å². The number of aromatic hydroxyl groups is 1. The van der Waals surface area contributed by atoms with E-state index in [1.165, 1.54) is 11.8 Å². The lowest BCUT2D eigenvalue weighted by atomic mass is 10.2. The van der Waals surface area contributed by atoms with Crippen LogP contribution in [0, 0.1) is 0 Å². The average molecular weight is 369 g/mol. The normalized spacial score (nSPS) is 14.8. The summed E-state index contributed by atoms with van der Waals surface area (Å²) in [5.74, 6) is 0.688. The summed E-state index contributed by atoms with van der Waals surface area (Å²) >= 11 is 1.34. The van der Waals surface area contributed by atoms with Gasteiger partial charge >= 0.3 is 0 Å². The van der Waals surface area contributed by atoms with Crippen molar-refractivity contribution in [1.82, 2.24) is 9.88 Å². The summed E-state index contributed by atoms with van der Waals surface area (Å²) in [6, 6.07) is 14.8. The number of aromatic nitrogens is 1. The Kier molecular flexibility index (Phi) is 4.71. The first kappa shape index (κ1) is 16.8. The number of anilines is 1. The fraction of sp³-hybridized carbons (Fsp3) is 0.263. The molecule has 2 aromatic carbocycles. The number of piperazine rings is 1. The minimum absolute atomic E-state index is 0.0996. The SMILES string of the molecule is O=C(CSc1nc2ccccc2o1)N1CCN(c2ccc(O)cc2)CC1. The van der Waals surface area contributed by atoms with Crippen molar-refractivity contribution in [3.63, 3.8) is 0 Å². The number of phenols is 1. The van der Waals surface area contributed by atoms with Gasteiger partial charge in [-0.3, -0.25) is 4.79 Å². The molecule has 4 rings (SSSR count). The van der Waals surface area contributed by atoms with E-state index in [0.717, 1.165) is 29.9 Å². The maximum Gasteiger partial charge on any atom is 0.257 e. The van der Waals surface area contributed by atoms with Crippen LogP contribution in [-0.4, -0.2) is 52.8 Å². The number of phenolic OH excluding ortho intramolecular Hbond substituents is 1. The van der Waals surface area contributed by atoms with Gasteiger partial charge in [-0.25, -0.2) is 4.98 Å². The number of benzene rings is 2. The molecule has 0 radical (unpaired) electrons. The van der Waals surface area contributed by atoms with E-state index in [0.29, 0.717) is 24.1 Å². The summed E-state index contributed by atoms with van der Waals surface area (Å²) in [4.78, 5) is 20.9. The molecule has 0 aliphatic carbocycles. The Morgan fingerprint density at radius 1 is 1.08 bits per heavy atom. The number of carbonyl (C=O) groups excluding carboxylic acids is 1. The molecule has 0 atom stereocenters. The molecule has 134 valence electrons. The third-order valence-electron chi connectivity index (χ3n) is 4.44. The van der Waals surface area contributed by atoms with E-state index in [9.17, 15) is 9.90 Å². The molecular weight excluding hydrogens is 350 g/mol. The van der Waals surface area contributed by atoms with Crippen LogP contribution >= 0.6 is 11.8 Å². The number of hydrogen-bond donors (Lipinski definition) is 1. The van der Waals surface area contributed by atoms with E-state index in [2.05, 4.69) is 9.88 Å². The van der Waals surface area contributed by atoms with Crippen LogP contribution in [0.25, 0.3) is 11.1 Å². The van der Waals surface area contributed by atoms with Crippen LogP contribution in [0.1, 0.15) is 0 Å². The number of oxazole rings is 1. The minimum atomic E-state index is 0.0996. The Bertz CT molecular complexity index is 869. The topological polar surface area (TPSA) is 69.8 Å². The van der Waals surface area contributed by atoms with Gasteiger partial charge in [0.2, 0.25) is 5.91 Å². The van der Waals surface area contributed by atoms with E-state index >= 15 is 0 Å². The molecule has 3 aromatic rings. The lowest BCUT2D eigenvalue weighted by molar-refractivity contribution is -0.128. The summed E-state index contributed by atoms with van der Waals surface area (Å²) in [5, 5.41) is 9.91. The van der Waals surface area contributed by atoms with Crippen LogP contribution in [0.3, 0.4) is 0 Å². The highest BCUT2D eigenvalue weighted by Gasteiger charge is 2.22. The van der Waals surface area contributed by atoms with Crippen LogP contribution in [0.15, 0.2) is 58.2 Å². The van der Waals surface area contributed by atoms with Gasteiger partial charge < -0.3 is 19.3 Å². The summed E-state index contributed by atoms with van der Waals surface area (Å²) < 4.78 is 5.64. The van der Waals surface area contributed by atoms with Gasteiger partial charge in [0.25, 0.3) is 5.22 Å². The molecule has 6 nitrogen and oxygen atoms in total. The highest BCUT2D eigenvalue weighted by molar-refractivity contribution is 7.99. The van der Waals surface area contributed by atoms with Gasteiger partial charge in [0, 0.05) is 31.9 Å². The van der Waals surface area contributed by atoms with E-state index in [1.54, 1.807) is 12.1 Å². The zero-order valence-electron chi connectivity index (χ0n) is 14.2. The van der Waals surface area contributed by atoms with Gasteiger partial charge in [-0.1, -0.05) is 23.9 Å². The van der Waals surface area contributed by atoms with Crippen molar-refractivity contribution in [3.8, 4) is 5.75 Å². The van der Waals surface area contributed by atoms with Crippen molar-refractivity contribution < 1.29 is 14.3 Å². The number of nitrogens with zero attached hydrogens (tertiary/aromatic N) is 3. The predicted octanol–water partition coefficient (Wildman–Crippen LogP) is 2.97. The first-order valence-electron chi connectivity index (χ1n) is 8.49. The molecule has 1 aliphatic heterocycles. The summed E-state index contributed by atoms with van der Waals surface area (Å²) in [7, 11) is 0. The third kappa shape index (κ3) is 3.62. The predicted molar refractivity (Wildman–Crippen MR) is 102 cm³/mol. The summed E-state index contributed by atoms with van der Waals surface area (Å²) in [6.45, 7) is 2.94. The molecule has 1 amide bonds. The molecule has 0 saturated carbocycles. The van der Waals surface area contributed by atoms with E-state index in [1.807, 2.05) is 41.3 Å². The molecule has 0 bridgehead atoms. The standard InChI is InChI=1S/C19H19N3O3S/c23-15-7-5-14(6-8-15)21-9-11-22(12-10-21)18(24)13-26-19-20-16-3-1-2-4-17(16)25-19/h1-8,23H,9-13H2. The highest BCUT2D eigenvalue weighted by atomic mass is 32.2. The Morgan fingerprint density at radius 2 is 1.81 bits per heavy atom. The third-order valence-corrected chi connectivity index (χ3v) is 5.25. The van der Waals surface area contributed by atoms with Crippen LogP contribution in [-0.2, 0) is 4.79 Å². The molecule has 0 spiro atoms. The first-order valence-corrected chi connectivity index (χ1v) is 9.48.